The number of unbranched alkanes of at least 4 members (excludes halogenated alkanes) is 1. The van der Waals surface area contributed by atoms with E-state index in [-0.39, 0.29) is 5.75 Å². The number of aromatic nitrogens is 3. The molecule has 3 rings (SSSR count). The maximum Gasteiger partial charge on any atom is 0.143 e. The lowest BCUT2D eigenvalue weighted by Crippen LogP contribution is -1.99. The normalized spacial score (nSPS) is 11.2. The molecular weight excluding hydrogens is 286 g/mol. The van der Waals surface area contributed by atoms with Crippen molar-refractivity contribution < 1.29 is 5.11 Å². The summed E-state index contributed by atoms with van der Waals surface area (Å²) < 4.78 is 0. The van der Waals surface area contributed by atoms with E-state index in [1.807, 2.05) is 24.3 Å². The molecule has 3 aromatic rings. The van der Waals surface area contributed by atoms with E-state index in [4.69, 9.17) is 0 Å². The van der Waals surface area contributed by atoms with Gasteiger partial charge in [-0.15, -0.1) is 15.0 Å². The second-order valence-electron chi connectivity index (χ2n) is 5.99. The fourth-order valence-electron chi connectivity index (χ4n) is 2.79. The van der Waals surface area contributed by atoms with Crippen LogP contribution in [0.15, 0.2) is 36.4 Å². The molecule has 0 bridgehead atoms. The van der Waals surface area contributed by atoms with Crippen molar-refractivity contribution in [2.75, 3.05) is 0 Å². The maximum absolute atomic E-state index is 10.3. The van der Waals surface area contributed by atoms with Crippen LogP contribution in [0.4, 0.5) is 0 Å². The van der Waals surface area contributed by atoms with E-state index < -0.39 is 0 Å². The summed E-state index contributed by atoms with van der Waals surface area (Å²) in [6.45, 7) is 4.33. The van der Waals surface area contributed by atoms with Crippen molar-refractivity contribution in [3.8, 4) is 11.4 Å². The zero-order chi connectivity index (χ0) is 16.2. The second kappa shape index (κ2) is 6.82. The van der Waals surface area contributed by atoms with E-state index in [0.717, 1.165) is 48.7 Å². The van der Waals surface area contributed by atoms with E-state index in [0.29, 0.717) is 5.69 Å². The van der Waals surface area contributed by atoms with E-state index in [9.17, 15) is 5.11 Å². The van der Waals surface area contributed by atoms with Crippen molar-refractivity contribution in [3.63, 3.8) is 0 Å². The first-order valence-corrected chi connectivity index (χ1v) is 8.39. The molecule has 0 aliphatic heterocycles. The number of phenolic OH excluding ortho intramolecular Hbond substituents is 1. The van der Waals surface area contributed by atoms with Crippen LogP contribution in [0, 0.1) is 0 Å². The third-order valence-electron chi connectivity index (χ3n) is 4.06. The first-order valence-electron chi connectivity index (χ1n) is 8.39. The van der Waals surface area contributed by atoms with E-state index >= 15 is 0 Å². The molecule has 4 heteroatoms. The number of fused-ring (bicyclic) bond motifs is 1. The van der Waals surface area contributed by atoms with Gasteiger partial charge in [-0.3, -0.25) is 0 Å². The lowest BCUT2D eigenvalue weighted by molar-refractivity contribution is 0.467. The first-order chi connectivity index (χ1) is 11.2. The highest BCUT2D eigenvalue weighted by atomic mass is 16.3. The van der Waals surface area contributed by atoms with Crippen LogP contribution in [0.5, 0.6) is 5.75 Å². The van der Waals surface area contributed by atoms with Crippen LogP contribution >= 0.6 is 0 Å². The van der Waals surface area contributed by atoms with Gasteiger partial charge < -0.3 is 5.11 Å². The lowest BCUT2D eigenvalue weighted by atomic mass is 10.1. The minimum atomic E-state index is 0.229. The molecule has 1 N–H and O–H groups in total. The fraction of sp³-hybridized carbons (Fsp3) is 0.368. The number of rotatable bonds is 6. The molecule has 0 saturated carbocycles. The van der Waals surface area contributed by atoms with E-state index in [1.165, 1.54) is 10.4 Å². The molecule has 0 radical (unpaired) electrons. The van der Waals surface area contributed by atoms with Crippen molar-refractivity contribution in [1.82, 2.24) is 15.0 Å². The minimum Gasteiger partial charge on any atom is -0.506 e. The zero-order valence-corrected chi connectivity index (χ0v) is 13.8. The van der Waals surface area contributed by atoms with Gasteiger partial charge in [0.1, 0.15) is 22.5 Å². The SMILES string of the molecule is CCCCc1ccc(-n2nc3ccc(CCC)cc3n2)c(O)c1. The third-order valence-corrected chi connectivity index (χ3v) is 4.06. The number of nitrogens with zero attached hydrogens (tertiary/aromatic N) is 3. The van der Waals surface area contributed by atoms with Gasteiger partial charge in [0, 0.05) is 0 Å². The topological polar surface area (TPSA) is 50.9 Å². The molecule has 0 fully saturated rings. The van der Waals surface area contributed by atoms with Crippen LogP contribution in [0.2, 0.25) is 0 Å². The third kappa shape index (κ3) is 3.36. The van der Waals surface area contributed by atoms with Crippen LogP contribution < -0.4 is 0 Å². The molecular formula is C19H23N3O. The van der Waals surface area contributed by atoms with Gasteiger partial charge in [-0.25, -0.2) is 0 Å². The van der Waals surface area contributed by atoms with Gasteiger partial charge in [0.25, 0.3) is 0 Å². The van der Waals surface area contributed by atoms with Crippen molar-refractivity contribution in [2.24, 2.45) is 0 Å². The summed E-state index contributed by atoms with van der Waals surface area (Å²) >= 11 is 0. The summed E-state index contributed by atoms with van der Waals surface area (Å²) in [7, 11) is 0. The zero-order valence-electron chi connectivity index (χ0n) is 13.8. The quantitative estimate of drug-likeness (QED) is 0.733. The summed E-state index contributed by atoms with van der Waals surface area (Å²) in [5.41, 5.74) is 4.75. The summed E-state index contributed by atoms with van der Waals surface area (Å²) in [5, 5.41) is 19.3. The average Bonchev–Trinajstić information content (AvgIpc) is 2.96. The standard InChI is InChI=1S/C19H23N3O/c1-3-5-7-15-9-11-18(19(23)13-15)22-20-16-10-8-14(6-4-2)12-17(16)21-22/h8-13,23H,3-7H2,1-2H3. The van der Waals surface area contributed by atoms with Crippen LogP contribution in [0.1, 0.15) is 44.2 Å². The minimum absolute atomic E-state index is 0.229. The highest BCUT2D eigenvalue weighted by Crippen LogP contribution is 2.24. The Balaban J connectivity index is 1.93. The molecule has 0 amide bonds. The van der Waals surface area contributed by atoms with Gasteiger partial charge in [0.15, 0.2) is 0 Å². The van der Waals surface area contributed by atoms with Gasteiger partial charge in [-0.05, 0) is 54.7 Å². The first kappa shape index (κ1) is 15.5. The molecule has 0 saturated heterocycles. The summed E-state index contributed by atoms with van der Waals surface area (Å²) in [6.07, 6.45) is 5.41. The monoisotopic (exact) mass is 309 g/mol. The van der Waals surface area contributed by atoms with Gasteiger partial charge in [-0.1, -0.05) is 38.8 Å². The van der Waals surface area contributed by atoms with Crippen molar-refractivity contribution in [1.29, 1.82) is 0 Å². The van der Waals surface area contributed by atoms with Crippen LogP contribution in [0.3, 0.4) is 0 Å². The Morgan fingerprint density at radius 2 is 1.61 bits per heavy atom. The Labute approximate surface area is 136 Å². The van der Waals surface area contributed by atoms with Crippen molar-refractivity contribution >= 4 is 11.0 Å². The molecule has 0 unspecified atom stereocenters. The van der Waals surface area contributed by atoms with Crippen LogP contribution in [-0.2, 0) is 12.8 Å². The van der Waals surface area contributed by atoms with Crippen molar-refractivity contribution in [2.45, 2.75) is 46.0 Å². The summed E-state index contributed by atoms with van der Waals surface area (Å²) in [4.78, 5) is 1.53. The van der Waals surface area contributed by atoms with Crippen LogP contribution in [-0.4, -0.2) is 20.1 Å². The Morgan fingerprint density at radius 1 is 0.870 bits per heavy atom. The van der Waals surface area contributed by atoms with Gasteiger partial charge >= 0.3 is 0 Å². The number of aromatic hydroxyl groups is 1. The molecule has 23 heavy (non-hydrogen) atoms. The molecule has 0 atom stereocenters. The Bertz CT molecular complexity index is 807. The van der Waals surface area contributed by atoms with E-state index in [2.05, 4.69) is 36.2 Å². The number of hydrogen-bond donors (Lipinski definition) is 1. The molecule has 0 aliphatic carbocycles. The van der Waals surface area contributed by atoms with Gasteiger partial charge in [0.05, 0.1) is 0 Å². The molecule has 2 aromatic carbocycles. The number of phenols is 1. The van der Waals surface area contributed by atoms with E-state index in [1.54, 1.807) is 0 Å². The molecule has 0 spiro atoms. The molecule has 0 aliphatic rings. The maximum atomic E-state index is 10.3. The Morgan fingerprint density at radius 3 is 2.35 bits per heavy atom. The molecule has 1 heterocycles. The predicted octanol–water partition coefficient (Wildman–Crippen LogP) is 4.42. The highest BCUT2D eigenvalue weighted by Gasteiger charge is 2.10. The Hall–Kier alpha value is -2.36. The average molecular weight is 309 g/mol. The van der Waals surface area contributed by atoms with Gasteiger partial charge in [-0.2, -0.15) is 0 Å². The number of aryl methyl sites for hydroxylation is 2. The lowest BCUT2D eigenvalue weighted by Gasteiger charge is -2.06. The molecule has 1 aromatic heterocycles. The smallest absolute Gasteiger partial charge is 0.143 e. The number of benzene rings is 2. The molecule has 4 nitrogen and oxygen atoms in total. The predicted molar refractivity (Wildman–Crippen MR) is 93.1 cm³/mol. The van der Waals surface area contributed by atoms with Gasteiger partial charge in [0.2, 0.25) is 0 Å². The summed E-state index contributed by atoms with van der Waals surface area (Å²) in [6, 6.07) is 11.9. The highest BCUT2D eigenvalue weighted by molar-refractivity contribution is 5.74. The Kier molecular flexibility index (Phi) is 4.60. The van der Waals surface area contributed by atoms with Crippen molar-refractivity contribution in [3.05, 3.63) is 47.5 Å². The van der Waals surface area contributed by atoms with Crippen LogP contribution in [0.25, 0.3) is 16.7 Å². The second-order valence-corrected chi connectivity index (χ2v) is 5.99. The largest absolute Gasteiger partial charge is 0.506 e. The summed E-state index contributed by atoms with van der Waals surface area (Å²) in [5.74, 6) is 0.229. The number of hydrogen-bond acceptors (Lipinski definition) is 3. The molecule has 120 valence electrons. The fourth-order valence-corrected chi connectivity index (χ4v) is 2.79.